The first kappa shape index (κ1) is 12.0. The zero-order valence-corrected chi connectivity index (χ0v) is 10.7. The molecule has 1 saturated heterocycles. The van der Waals surface area contributed by atoms with Gasteiger partial charge in [0.05, 0.1) is 11.6 Å². The van der Waals surface area contributed by atoms with E-state index in [9.17, 15) is 0 Å². The molecule has 0 unspecified atom stereocenters. The van der Waals surface area contributed by atoms with Crippen LogP contribution in [-0.2, 0) is 0 Å². The summed E-state index contributed by atoms with van der Waals surface area (Å²) in [6.45, 7) is 6.90. The molecule has 0 saturated carbocycles. The van der Waals surface area contributed by atoms with E-state index in [0.717, 1.165) is 18.7 Å². The number of benzene rings is 1. The van der Waals surface area contributed by atoms with Crippen molar-refractivity contribution in [2.24, 2.45) is 5.41 Å². The lowest BCUT2D eigenvalue weighted by Crippen LogP contribution is -2.26. The third-order valence-corrected chi connectivity index (χ3v) is 4.30. The van der Waals surface area contributed by atoms with Crippen LogP contribution in [0.15, 0.2) is 24.3 Å². The summed E-state index contributed by atoms with van der Waals surface area (Å²) in [5.41, 5.74) is 2.51. The average molecular weight is 228 g/mol. The van der Waals surface area contributed by atoms with E-state index in [1.807, 2.05) is 12.1 Å². The molecule has 90 valence electrons. The highest BCUT2D eigenvalue weighted by molar-refractivity contribution is 5.50. The van der Waals surface area contributed by atoms with Gasteiger partial charge in [0, 0.05) is 18.8 Å². The van der Waals surface area contributed by atoms with Gasteiger partial charge in [-0.25, -0.2) is 0 Å². The largest absolute Gasteiger partial charge is 0.371 e. The van der Waals surface area contributed by atoms with E-state index >= 15 is 0 Å². The van der Waals surface area contributed by atoms with Crippen molar-refractivity contribution in [3.8, 4) is 6.07 Å². The van der Waals surface area contributed by atoms with Crippen LogP contribution >= 0.6 is 0 Å². The van der Waals surface area contributed by atoms with Crippen LogP contribution in [0.5, 0.6) is 0 Å². The Morgan fingerprint density at radius 1 is 1.24 bits per heavy atom. The summed E-state index contributed by atoms with van der Waals surface area (Å²) in [6, 6.07) is 10.1. The van der Waals surface area contributed by atoms with Crippen molar-refractivity contribution in [2.45, 2.75) is 33.1 Å². The zero-order valence-electron chi connectivity index (χ0n) is 10.7. The van der Waals surface area contributed by atoms with Gasteiger partial charge in [-0.15, -0.1) is 0 Å². The van der Waals surface area contributed by atoms with Gasteiger partial charge >= 0.3 is 0 Å². The van der Waals surface area contributed by atoms with Gasteiger partial charge < -0.3 is 4.90 Å². The highest BCUT2D eigenvalue weighted by atomic mass is 15.2. The average Bonchev–Trinajstić information content (AvgIpc) is 2.84. The molecule has 1 heterocycles. The van der Waals surface area contributed by atoms with E-state index in [1.54, 1.807) is 0 Å². The third-order valence-electron chi connectivity index (χ3n) is 4.30. The molecule has 1 aliphatic heterocycles. The number of hydrogen-bond donors (Lipinski definition) is 0. The van der Waals surface area contributed by atoms with E-state index in [0.29, 0.717) is 5.41 Å². The van der Waals surface area contributed by atoms with E-state index in [1.165, 1.54) is 24.9 Å². The molecule has 17 heavy (non-hydrogen) atoms. The molecule has 1 aromatic carbocycles. The van der Waals surface area contributed by atoms with Crippen LogP contribution in [0.3, 0.4) is 0 Å². The summed E-state index contributed by atoms with van der Waals surface area (Å²) in [7, 11) is 0. The van der Waals surface area contributed by atoms with Crippen LogP contribution in [0.4, 0.5) is 5.69 Å². The minimum absolute atomic E-state index is 0.508. The number of hydrogen-bond acceptors (Lipinski definition) is 2. The first-order valence-corrected chi connectivity index (χ1v) is 6.48. The van der Waals surface area contributed by atoms with Gasteiger partial charge in [-0.3, -0.25) is 0 Å². The fourth-order valence-corrected chi connectivity index (χ4v) is 2.73. The molecule has 2 heteroatoms. The molecule has 0 bridgehead atoms. The van der Waals surface area contributed by atoms with Crippen LogP contribution in [0.2, 0.25) is 0 Å². The predicted octanol–water partition coefficient (Wildman–Crippen LogP) is 3.57. The summed E-state index contributed by atoms with van der Waals surface area (Å²) >= 11 is 0. The standard InChI is InChI=1S/C15H20N2/c1-3-15(4-2)9-10-17(12-15)14-7-5-13(11-16)6-8-14/h5-8H,3-4,9-10,12H2,1-2H3. The number of anilines is 1. The second-order valence-electron chi connectivity index (χ2n) is 5.04. The number of nitrogens with zero attached hydrogens (tertiary/aromatic N) is 2. The van der Waals surface area contributed by atoms with Gasteiger partial charge in [0.2, 0.25) is 0 Å². The Morgan fingerprint density at radius 3 is 2.35 bits per heavy atom. The molecule has 2 nitrogen and oxygen atoms in total. The van der Waals surface area contributed by atoms with E-state index < -0.39 is 0 Å². The predicted molar refractivity (Wildman–Crippen MR) is 71.0 cm³/mol. The Balaban J connectivity index is 2.12. The Labute approximate surface area is 104 Å². The normalized spacial score (nSPS) is 18.1. The molecule has 0 aromatic heterocycles. The molecule has 0 spiro atoms. The van der Waals surface area contributed by atoms with E-state index in [4.69, 9.17) is 5.26 Å². The Bertz CT molecular complexity index is 410. The van der Waals surface area contributed by atoms with Gasteiger partial charge in [-0.05, 0) is 48.9 Å². The van der Waals surface area contributed by atoms with Crippen LogP contribution in [0, 0.1) is 16.7 Å². The van der Waals surface area contributed by atoms with Gasteiger partial charge in [0.15, 0.2) is 0 Å². The fourth-order valence-electron chi connectivity index (χ4n) is 2.73. The summed E-state index contributed by atoms with van der Waals surface area (Å²) in [4.78, 5) is 2.45. The van der Waals surface area contributed by atoms with Crippen LogP contribution < -0.4 is 4.90 Å². The van der Waals surface area contributed by atoms with E-state index in [-0.39, 0.29) is 0 Å². The first-order chi connectivity index (χ1) is 8.23. The lowest BCUT2D eigenvalue weighted by atomic mass is 9.82. The van der Waals surface area contributed by atoms with Gasteiger partial charge in [0.25, 0.3) is 0 Å². The second-order valence-corrected chi connectivity index (χ2v) is 5.04. The lowest BCUT2D eigenvalue weighted by molar-refractivity contribution is 0.301. The molecule has 1 aliphatic rings. The van der Waals surface area contributed by atoms with E-state index in [2.05, 4.69) is 36.9 Å². The number of nitriles is 1. The molecule has 0 amide bonds. The van der Waals surface area contributed by atoms with Crippen molar-refractivity contribution < 1.29 is 0 Å². The Kier molecular flexibility index (Phi) is 3.38. The van der Waals surface area contributed by atoms with Crippen molar-refractivity contribution in [1.82, 2.24) is 0 Å². The van der Waals surface area contributed by atoms with Crippen LogP contribution in [0.1, 0.15) is 38.7 Å². The SMILES string of the molecule is CCC1(CC)CCN(c2ccc(C#N)cc2)C1. The van der Waals surface area contributed by atoms with Crippen LogP contribution in [0.25, 0.3) is 0 Å². The quantitative estimate of drug-likeness (QED) is 0.790. The van der Waals surface area contributed by atoms with Crippen molar-refractivity contribution in [1.29, 1.82) is 5.26 Å². The highest BCUT2D eigenvalue weighted by Gasteiger charge is 2.34. The summed E-state index contributed by atoms with van der Waals surface area (Å²) in [5.74, 6) is 0. The number of rotatable bonds is 3. The maximum absolute atomic E-state index is 8.79. The Morgan fingerprint density at radius 2 is 1.88 bits per heavy atom. The van der Waals surface area contributed by atoms with Crippen molar-refractivity contribution in [2.75, 3.05) is 18.0 Å². The molecule has 0 N–H and O–H groups in total. The summed E-state index contributed by atoms with van der Waals surface area (Å²) < 4.78 is 0. The monoisotopic (exact) mass is 228 g/mol. The van der Waals surface area contributed by atoms with Crippen molar-refractivity contribution >= 4 is 5.69 Å². The topological polar surface area (TPSA) is 27.0 Å². The molecule has 1 aromatic rings. The maximum Gasteiger partial charge on any atom is 0.0991 e. The zero-order chi connectivity index (χ0) is 12.3. The van der Waals surface area contributed by atoms with Gasteiger partial charge in [-0.1, -0.05) is 13.8 Å². The summed E-state index contributed by atoms with van der Waals surface area (Å²) in [5, 5.41) is 8.79. The smallest absolute Gasteiger partial charge is 0.0991 e. The van der Waals surface area contributed by atoms with Gasteiger partial charge in [-0.2, -0.15) is 5.26 Å². The first-order valence-electron chi connectivity index (χ1n) is 6.48. The molecule has 0 aliphatic carbocycles. The Hall–Kier alpha value is -1.49. The molecule has 0 atom stereocenters. The fraction of sp³-hybridized carbons (Fsp3) is 0.533. The van der Waals surface area contributed by atoms with Crippen molar-refractivity contribution in [3.05, 3.63) is 29.8 Å². The lowest BCUT2D eigenvalue weighted by Gasteiger charge is -2.27. The highest BCUT2D eigenvalue weighted by Crippen LogP contribution is 2.38. The maximum atomic E-state index is 8.79. The third kappa shape index (κ3) is 2.29. The second kappa shape index (κ2) is 4.79. The molecule has 1 fully saturated rings. The van der Waals surface area contributed by atoms with Gasteiger partial charge in [0.1, 0.15) is 0 Å². The minimum Gasteiger partial charge on any atom is -0.371 e. The molecular weight excluding hydrogens is 208 g/mol. The molecule has 0 radical (unpaired) electrons. The molecular formula is C15H20N2. The summed E-state index contributed by atoms with van der Waals surface area (Å²) in [6.07, 6.45) is 3.81. The van der Waals surface area contributed by atoms with Crippen molar-refractivity contribution in [3.63, 3.8) is 0 Å². The van der Waals surface area contributed by atoms with Crippen LogP contribution in [-0.4, -0.2) is 13.1 Å². The molecule has 2 rings (SSSR count). The minimum atomic E-state index is 0.508.